The van der Waals surface area contributed by atoms with Crippen LogP contribution < -0.4 is 5.73 Å². The van der Waals surface area contributed by atoms with Gasteiger partial charge in [0.1, 0.15) is 11.5 Å². The summed E-state index contributed by atoms with van der Waals surface area (Å²) in [5, 5.41) is 7.86. The lowest BCUT2D eigenvalue weighted by Gasteiger charge is -1.94. The number of hydrogen-bond donors (Lipinski definition) is 1. The fraction of sp³-hybridized carbons (Fsp3) is 0.200. The molecule has 0 aliphatic heterocycles. The second-order valence-electron chi connectivity index (χ2n) is 2.96. The predicted molar refractivity (Wildman–Crippen MR) is 59.1 cm³/mol. The predicted octanol–water partition coefficient (Wildman–Crippen LogP) is 2.35. The molecule has 2 aromatic heterocycles. The van der Waals surface area contributed by atoms with Crippen LogP contribution in [0.2, 0.25) is 0 Å². The van der Waals surface area contributed by atoms with Crippen molar-refractivity contribution in [3.63, 3.8) is 0 Å². The van der Waals surface area contributed by atoms with E-state index < -0.39 is 0 Å². The highest BCUT2D eigenvalue weighted by Gasteiger charge is 2.03. The van der Waals surface area contributed by atoms with Crippen LogP contribution in [0, 0.1) is 0 Å². The lowest BCUT2D eigenvalue weighted by molar-refractivity contribution is 1.05. The van der Waals surface area contributed by atoms with Crippen molar-refractivity contribution in [2.24, 2.45) is 0 Å². The summed E-state index contributed by atoms with van der Waals surface area (Å²) in [7, 11) is 0. The summed E-state index contributed by atoms with van der Waals surface area (Å²) >= 11 is 1.75. The molecule has 0 amide bonds. The van der Waals surface area contributed by atoms with E-state index in [2.05, 4.69) is 29.3 Å². The van der Waals surface area contributed by atoms with Gasteiger partial charge in [-0.3, -0.25) is 0 Å². The van der Waals surface area contributed by atoms with Gasteiger partial charge in [-0.25, -0.2) is 0 Å². The first-order valence-corrected chi connectivity index (χ1v) is 5.29. The number of hydrogen-bond acceptors (Lipinski definition) is 4. The Labute approximate surface area is 86.6 Å². The Hall–Kier alpha value is -1.42. The van der Waals surface area contributed by atoms with Crippen molar-refractivity contribution in [3.05, 3.63) is 29.1 Å². The average molecular weight is 205 g/mol. The molecule has 4 heteroatoms. The summed E-state index contributed by atoms with van der Waals surface area (Å²) in [5.74, 6) is 0.459. The van der Waals surface area contributed by atoms with Crippen LogP contribution in [0.25, 0.3) is 10.6 Å². The highest BCUT2D eigenvalue weighted by molar-refractivity contribution is 7.15. The van der Waals surface area contributed by atoms with Gasteiger partial charge in [-0.05, 0) is 30.7 Å². The average Bonchev–Trinajstić information content (AvgIpc) is 2.67. The van der Waals surface area contributed by atoms with Gasteiger partial charge in [0.2, 0.25) is 0 Å². The first-order valence-electron chi connectivity index (χ1n) is 4.48. The number of aromatic nitrogens is 2. The van der Waals surface area contributed by atoms with Crippen LogP contribution in [-0.4, -0.2) is 10.2 Å². The number of nitrogens with two attached hydrogens (primary N) is 1. The first kappa shape index (κ1) is 9.15. The number of rotatable bonds is 2. The van der Waals surface area contributed by atoms with Crippen LogP contribution in [0.4, 0.5) is 5.82 Å². The molecule has 72 valence electrons. The maximum atomic E-state index is 5.47. The van der Waals surface area contributed by atoms with E-state index in [1.807, 2.05) is 6.07 Å². The Bertz CT molecular complexity index is 419. The fourth-order valence-corrected chi connectivity index (χ4v) is 2.09. The minimum absolute atomic E-state index is 0.459. The summed E-state index contributed by atoms with van der Waals surface area (Å²) in [4.78, 5) is 2.51. The number of aryl methyl sites for hydroxylation is 1. The van der Waals surface area contributed by atoms with E-state index in [4.69, 9.17) is 5.73 Å². The van der Waals surface area contributed by atoms with Gasteiger partial charge in [0.15, 0.2) is 0 Å². The van der Waals surface area contributed by atoms with Gasteiger partial charge in [0, 0.05) is 4.88 Å². The molecule has 0 aliphatic rings. The zero-order chi connectivity index (χ0) is 9.97. The molecule has 2 N–H and O–H groups in total. The quantitative estimate of drug-likeness (QED) is 0.818. The number of nitrogen functional groups attached to an aromatic ring is 1. The highest BCUT2D eigenvalue weighted by atomic mass is 32.1. The molecule has 2 rings (SSSR count). The van der Waals surface area contributed by atoms with Gasteiger partial charge in [-0.1, -0.05) is 6.92 Å². The number of thiophene rings is 1. The zero-order valence-corrected chi connectivity index (χ0v) is 8.71. The molecule has 0 radical (unpaired) electrons. The number of nitrogens with zero attached hydrogens (tertiary/aromatic N) is 2. The zero-order valence-electron chi connectivity index (χ0n) is 7.90. The molecule has 0 atom stereocenters. The lowest BCUT2D eigenvalue weighted by Crippen LogP contribution is -1.92. The summed E-state index contributed by atoms with van der Waals surface area (Å²) in [6, 6.07) is 7.86. The van der Waals surface area contributed by atoms with Crippen LogP contribution in [0.1, 0.15) is 11.8 Å². The second-order valence-corrected chi connectivity index (χ2v) is 4.13. The molecule has 0 unspecified atom stereocenters. The molecule has 0 aromatic carbocycles. The van der Waals surface area contributed by atoms with Gasteiger partial charge >= 0.3 is 0 Å². The molecule has 0 spiro atoms. The van der Waals surface area contributed by atoms with Crippen LogP contribution in [0.15, 0.2) is 24.3 Å². The van der Waals surface area contributed by atoms with Crippen LogP contribution in [-0.2, 0) is 6.42 Å². The summed E-state index contributed by atoms with van der Waals surface area (Å²) in [6.45, 7) is 2.14. The molecule has 0 saturated heterocycles. The number of anilines is 1. The van der Waals surface area contributed by atoms with Crippen molar-refractivity contribution >= 4 is 17.2 Å². The van der Waals surface area contributed by atoms with Crippen LogP contribution in [0.3, 0.4) is 0 Å². The minimum atomic E-state index is 0.459. The third kappa shape index (κ3) is 1.75. The van der Waals surface area contributed by atoms with E-state index in [0.717, 1.165) is 17.0 Å². The van der Waals surface area contributed by atoms with Crippen molar-refractivity contribution < 1.29 is 0 Å². The van der Waals surface area contributed by atoms with Gasteiger partial charge < -0.3 is 5.73 Å². The van der Waals surface area contributed by atoms with Gasteiger partial charge in [-0.15, -0.1) is 21.5 Å². The largest absolute Gasteiger partial charge is 0.382 e. The van der Waals surface area contributed by atoms with Crippen molar-refractivity contribution in [1.82, 2.24) is 10.2 Å². The fourth-order valence-electron chi connectivity index (χ4n) is 1.18. The molecular formula is C10H11N3S. The van der Waals surface area contributed by atoms with Gasteiger partial charge in [0.25, 0.3) is 0 Å². The summed E-state index contributed by atoms with van der Waals surface area (Å²) < 4.78 is 0. The Morgan fingerprint density at radius 3 is 2.64 bits per heavy atom. The maximum Gasteiger partial charge on any atom is 0.146 e. The highest BCUT2D eigenvalue weighted by Crippen LogP contribution is 2.26. The molecule has 0 saturated carbocycles. The SMILES string of the molecule is CCc1ccc(-c2ccc(N)nn2)s1. The standard InChI is InChI=1S/C10H11N3S/c1-2-7-3-5-9(14-7)8-4-6-10(11)13-12-8/h3-6H,2H2,1H3,(H2,11,13). The molecule has 0 bridgehead atoms. The Morgan fingerprint density at radius 1 is 1.21 bits per heavy atom. The maximum absolute atomic E-state index is 5.47. The molecular weight excluding hydrogens is 194 g/mol. The molecule has 3 nitrogen and oxygen atoms in total. The van der Waals surface area contributed by atoms with E-state index in [9.17, 15) is 0 Å². The third-order valence-corrected chi connectivity index (χ3v) is 3.20. The summed E-state index contributed by atoms with van der Waals surface area (Å²) in [5.41, 5.74) is 6.36. The Kier molecular flexibility index (Phi) is 2.45. The van der Waals surface area contributed by atoms with E-state index in [1.54, 1.807) is 17.4 Å². The van der Waals surface area contributed by atoms with Crippen molar-refractivity contribution in [1.29, 1.82) is 0 Å². The monoisotopic (exact) mass is 205 g/mol. The Balaban J connectivity index is 2.34. The molecule has 0 fully saturated rings. The van der Waals surface area contributed by atoms with Crippen LogP contribution in [0.5, 0.6) is 0 Å². The first-order chi connectivity index (χ1) is 6.79. The lowest BCUT2D eigenvalue weighted by atomic mass is 10.3. The molecule has 2 aromatic rings. The summed E-state index contributed by atoms with van der Waals surface area (Å²) in [6.07, 6.45) is 1.06. The van der Waals surface area contributed by atoms with E-state index in [-0.39, 0.29) is 0 Å². The smallest absolute Gasteiger partial charge is 0.146 e. The molecule has 14 heavy (non-hydrogen) atoms. The van der Waals surface area contributed by atoms with Crippen LogP contribution >= 0.6 is 11.3 Å². The topological polar surface area (TPSA) is 51.8 Å². The second kappa shape index (κ2) is 3.75. The van der Waals surface area contributed by atoms with Crippen molar-refractivity contribution in [2.75, 3.05) is 5.73 Å². The van der Waals surface area contributed by atoms with Crippen molar-refractivity contribution in [3.8, 4) is 10.6 Å². The van der Waals surface area contributed by atoms with Crippen molar-refractivity contribution in [2.45, 2.75) is 13.3 Å². The van der Waals surface area contributed by atoms with E-state index >= 15 is 0 Å². The normalized spacial score (nSPS) is 10.4. The van der Waals surface area contributed by atoms with E-state index in [1.165, 1.54) is 4.88 Å². The third-order valence-electron chi connectivity index (χ3n) is 1.95. The van der Waals surface area contributed by atoms with Gasteiger partial charge in [0.05, 0.1) is 4.88 Å². The molecule has 0 aliphatic carbocycles. The minimum Gasteiger partial charge on any atom is -0.382 e. The van der Waals surface area contributed by atoms with E-state index in [0.29, 0.717) is 5.82 Å². The Morgan fingerprint density at radius 2 is 2.07 bits per heavy atom. The molecule has 2 heterocycles. The van der Waals surface area contributed by atoms with Gasteiger partial charge in [-0.2, -0.15) is 0 Å².